The molecule has 0 aliphatic rings. The molecule has 0 saturated heterocycles. The van der Waals surface area contributed by atoms with Gasteiger partial charge in [-0.15, -0.1) is 11.3 Å². The van der Waals surface area contributed by atoms with Gasteiger partial charge in [-0.3, -0.25) is 14.2 Å². The van der Waals surface area contributed by atoms with E-state index < -0.39 is 5.91 Å². The summed E-state index contributed by atoms with van der Waals surface area (Å²) in [6.07, 6.45) is 1.60. The number of halogens is 1. The largest absolute Gasteiger partial charge is 0.495 e. The van der Waals surface area contributed by atoms with E-state index in [0.29, 0.717) is 38.2 Å². The SMILES string of the molecule is COc1ccccc1NC(=O)/C(C#N)=c1\s/c(=C/c2ccc(-c3ccc(Cl)cc3)o2)c(=O)n1-c1ccccc1. The Morgan fingerprint density at radius 3 is 2.46 bits per heavy atom. The van der Waals surface area contributed by atoms with Crippen molar-refractivity contribution < 1.29 is 13.9 Å². The lowest BCUT2D eigenvalue weighted by Crippen LogP contribution is -2.32. The zero-order chi connectivity index (χ0) is 27.4. The van der Waals surface area contributed by atoms with Crippen molar-refractivity contribution in [2.24, 2.45) is 0 Å². The number of nitriles is 1. The number of nitrogens with one attached hydrogen (secondary N) is 1. The van der Waals surface area contributed by atoms with Crippen molar-refractivity contribution in [2.75, 3.05) is 12.4 Å². The van der Waals surface area contributed by atoms with Gasteiger partial charge in [-0.25, -0.2) is 0 Å². The van der Waals surface area contributed by atoms with Crippen LogP contribution in [0, 0.1) is 11.3 Å². The van der Waals surface area contributed by atoms with Crippen molar-refractivity contribution in [3.63, 3.8) is 0 Å². The second-order valence-electron chi connectivity index (χ2n) is 8.24. The van der Waals surface area contributed by atoms with Crippen molar-refractivity contribution in [2.45, 2.75) is 0 Å². The zero-order valence-electron chi connectivity index (χ0n) is 20.6. The minimum Gasteiger partial charge on any atom is -0.495 e. The van der Waals surface area contributed by atoms with Crippen LogP contribution in [0.1, 0.15) is 5.76 Å². The molecule has 2 heterocycles. The Bertz CT molecular complexity index is 1880. The summed E-state index contributed by atoms with van der Waals surface area (Å²) in [4.78, 5) is 26.9. The van der Waals surface area contributed by atoms with Crippen LogP contribution in [0.5, 0.6) is 5.75 Å². The van der Waals surface area contributed by atoms with E-state index in [0.717, 1.165) is 16.9 Å². The lowest BCUT2D eigenvalue weighted by molar-refractivity contribution is -0.111. The number of benzene rings is 3. The first-order valence-corrected chi connectivity index (χ1v) is 12.9. The normalized spacial score (nSPS) is 12.1. The number of para-hydroxylation sites is 3. The molecule has 192 valence electrons. The standard InChI is InChI=1S/C30H20ClN3O4S/c1-37-26-10-6-5-9-24(26)33-28(35)23(18-32)30-34(21-7-3-2-4-8-21)29(36)27(39-30)17-22-15-16-25(38-22)19-11-13-20(31)14-12-19/h2-17H,1H3,(H,33,35)/b27-17+,30-23-. The molecule has 1 amide bonds. The summed E-state index contributed by atoms with van der Waals surface area (Å²) in [5, 5.41) is 13.4. The molecule has 1 N–H and O–H groups in total. The number of furan rings is 1. The van der Waals surface area contributed by atoms with Crippen molar-refractivity contribution in [3.8, 4) is 28.8 Å². The molecule has 5 aromatic rings. The van der Waals surface area contributed by atoms with Crippen LogP contribution < -0.4 is 24.8 Å². The predicted molar refractivity (Wildman–Crippen MR) is 153 cm³/mol. The van der Waals surface area contributed by atoms with Crippen LogP contribution in [0.15, 0.2) is 100 Å². The summed E-state index contributed by atoms with van der Waals surface area (Å²) in [6, 6.07) is 28.5. The molecule has 5 rings (SSSR count). The molecule has 0 bridgehead atoms. The van der Waals surface area contributed by atoms with Crippen LogP contribution in [-0.4, -0.2) is 17.6 Å². The number of amides is 1. The third-order valence-corrected chi connectivity index (χ3v) is 7.12. The molecule has 7 nitrogen and oxygen atoms in total. The van der Waals surface area contributed by atoms with E-state index in [9.17, 15) is 14.9 Å². The highest BCUT2D eigenvalue weighted by Crippen LogP contribution is 2.25. The highest BCUT2D eigenvalue weighted by Gasteiger charge is 2.18. The predicted octanol–water partition coefficient (Wildman–Crippen LogP) is 4.96. The third kappa shape index (κ3) is 5.41. The second-order valence-corrected chi connectivity index (χ2v) is 9.71. The van der Waals surface area contributed by atoms with Gasteiger partial charge in [0.25, 0.3) is 11.5 Å². The molecule has 9 heteroatoms. The van der Waals surface area contributed by atoms with Crippen LogP contribution in [0.25, 0.3) is 28.7 Å². The van der Waals surface area contributed by atoms with Gasteiger partial charge in [-0.05, 0) is 60.7 Å². The van der Waals surface area contributed by atoms with Crippen molar-refractivity contribution in [1.29, 1.82) is 5.26 Å². The number of anilines is 1. The van der Waals surface area contributed by atoms with Gasteiger partial charge < -0.3 is 14.5 Å². The fourth-order valence-corrected chi connectivity index (χ4v) is 5.13. The summed E-state index contributed by atoms with van der Waals surface area (Å²) in [6.45, 7) is 0. The third-order valence-electron chi connectivity index (χ3n) is 5.77. The fourth-order valence-electron chi connectivity index (χ4n) is 3.92. The summed E-state index contributed by atoms with van der Waals surface area (Å²) >= 11 is 7.01. The molecule has 0 atom stereocenters. The highest BCUT2D eigenvalue weighted by atomic mass is 35.5. The van der Waals surface area contributed by atoms with Gasteiger partial charge in [0.05, 0.1) is 23.0 Å². The van der Waals surface area contributed by atoms with Crippen LogP contribution in [0.3, 0.4) is 0 Å². The maximum absolute atomic E-state index is 13.6. The van der Waals surface area contributed by atoms with Gasteiger partial charge in [-0.2, -0.15) is 5.26 Å². The first-order valence-electron chi connectivity index (χ1n) is 11.7. The highest BCUT2D eigenvalue weighted by molar-refractivity contribution is 7.07. The summed E-state index contributed by atoms with van der Waals surface area (Å²) < 4.78 is 13.1. The van der Waals surface area contributed by atoms with Gasteiger partial charge in [0.15, 0.2) is 5.57 Å². The topological polar surface area (TPSA) is 97.3 Å². The number of thiazole rings is 1. The van der Waals surface area contributed by atoms with E-state index in [1.165, 1.54) is 11.7 Å². The van der Waals surface area contributed by atoms with E-state index in [4.69, 9.17) is 20.8 Å². The van der Waals surface area contributed by atoms with E-state index in [1.807, 2.05) is 24.3 Å². The molecule has 0 aliphatic heterocycles. The number of carbonyl (C=O) groups is 1. The van der Waals surface area contributed by atoms with Gasteiger partial charge in [-0.1, -0.05) is 41.9 Å². The molecule has 0 radical (unpaired) electrons. The van der Waals surface area contributed by atoms with Gasteiger partial charge >= 0.3 is 0 Å². The molecule has 2 aromatic heterocycles. The number of carbonyl (C=O) groups excluding carboxylic acids is 1. The number of hydrogen-bond donors (Lipinski definition) is 1. The molecule has 39 heavy (non-hydrogen) atoms. The Labute approximate surface area is 232 Å². The van der Waals surface area contributed by atoms with E-state index in [1.54, 1.807) is 78.9 Å². The van der Waals surface area contributed by atoms with Gasteiger partial charge in [0.1, 0.15) is 28.0 Å². The van der Waals surface area contributed by atoms with Crippen LogP contribution in [0.4, 0.5) is 5.69 Å². The Balaban J connectivity index is 1.65. The summed E-state index contributed by atoms with van der Waals surface area (Å²) in [5.74, 6) is 0.834. The second kappa shape index (κ2) is 11.3. The number of nitrogens with zero attached hydrogens (tertiary/aromatic N) is 2. The van der Waals surface area contributed by atoms with E-state index >= 15 is 0 Å². The molecular weight excluding hydrogens is 534 g/mol. The lowest BCUT2D eigenvalue weighted by atomic mass is 10.2. The van der Waals surface area contributed by atoms with Crippen LogP contribution >= 0.6 is 22.9 Å². The zero-order valence-corrected chi connectivity index (χ0v) is 22.1. The van der Waals surface area contributed by atoms with Crippen molar-refractivity contribution in [1.82, 2.24) is 4.57 Å². The Morgan fingerprint density at radius 1 is 1.03 bits per heavy atom. The average Bonchev–Trinajstić information content (AvgIpc) is 3.55. The number of ether oxygens (including phenoxy) is 1. The van der Waals surface area contributed by atoms with E-state index in [2.05, 4.69) is 5.32 Å². The smallest absolute Gasteiger partial charge is 0.273 e. The minimum atomic E-state index is -0.664. The molecule has 3 aromatic carbocycles. The lowest BCUT2D eigenvalue weighted by Gasteiger charge is -2.09. The quantitative estimate of drug-likeness (QED) is 0.320. The number of rotatable bonds is 6. The first-order chi connectivity index (χ1) is 19.0. The Hall–Kier alpha value is -4.84. The molecule has 0 spiro atoms. The Kier molecular flexibility index (Phi) is 7.46. The monoisotopic (exact) mass is 553 g/mol. The number of aromatic nitrogens is 1. The molecular formula is C30H20ClN3O4S. The van der Waals surface area contributed by atoms with Gasteiger partial charge in [0, 0.05) is 16.7 Å². The van der Waals surface area contributed by atoms with Gasteiger partial charge in [0.2, 0.25) is 0 Å². The summed E-state index contributed by atoms with van der Waals surface area (Å²) in [5.41, 5.74) is 1.16. The molecule has 0 aliphatic carbocycles. The number of hydrogen-bond acceptors (Lipinski definition) is 6. The maximum atomic E-state index is 13.6. The fraction of sp³-hybridized carbons (Fsp3) is 0.0333. The first kappa shape index (κ1) is 25.8. The van der Waals surface area contributed by atoms with Crippen LogP contribution in [0.2, 0.25) is 5.02 Å². The van der Waals surface area contributed by atoms with Crippen molar-refractivity contribution in [3.05, 3.63) is 121 Å². The van der Waals surface area contributed by atoms with Crippen molar-refractivity contribution >= 4 is 46.2 Å². The van der Waals surface area contributed by atoms with E-state index in [-0.39, 0.29) is 15.8 Å². The van der Waals surface area contributed by atoms with Crippen LogP contribution in [-0.2, 0) is 4.79 Å². The average molecular weight is 554 g/mol. The Morgan fingerprint density at radius 2 is 1.74 bits per heavy atom. The number of methoxy groups -OCH3 is 1. The molecule has 0 unspecified atom stereocenters. The molecule has 0 fully saturated rings. The summed E-state index contributed by atoms with van der Waals surface area (Å²) in [7, 11) is 1.49. The minimum absolute atomic E-state index is 0.192. The maximum Gasteiger partial charge on any atom is 0.273 e. The molecule has 0 saturated carbocycles.